The number of ether oxygens (including phenoxy) is 1. The Morgan fingerprint density at radius 1 is 1.24 bits per heavy atom. The van der Waals surface area contributed by atoms with Crippen LogP contribution >= 0.6 is 0 Å². The van der Waals surface area contributed by atoms with E-state index in [1.807, 2.05) is 6.92 Å². The van der Waals surface area contributed by atoms with Crippen molar-refractivity contribution in [1.29, 1.82) is 5.26 Å². The molecule has 0 radical (unpaired) electrons. The zero-order chi connectivity index (χ0) is 15.2. The van der Waals surface area contributed by atoms with Crippen LogP contribution in [0.15, 0.2) is 42.5 Å². The molecule has 0 aliphatic heterocycles. The summed E-state index contributed by atoms with van der Waals surface area (Å²) < 4.78 is 18.7. The summed E-state index contributed by atoms with van der Waals surface area (Å²) in [5.41, 5.74) is 1.36. The summed E-state index contributed by atoms with van der Waals surface area (Å²) in [4.78, 5) is 11.5. The number of ketones is 1. The second-order valence-electron chi connectivity index (χ2n) is 4.52. The molecule has 0 saturated carbocycles. The summed E-state index contributed by atoms with van der Waals surface area (Å²) in [5, 5.41) is 8.77. The van der Waals surface area contributed by atoms with Crippen molar-refractivity contribution in [3.63, 3.8) is 0 Å². The van der Waals surface area contributed by atoms with Crippen LogP contribution in [0.1, 0.15) is 34.8 Å². The lowest BCUT2D eigenvalue weighted by atomic mass is 10.1. The molecule has 2 rings (SSSR count). The van der Waals surface area contributed by atoms with Crippen LogP contribution in [0.5, 0.6) is 5.75 Å². The number of rotatable bonds is 5. The summed E-state index contributed by atoms with van der Waals surface area (Å²) in [5.74, 6) is 0.160. The van der Waals surface area contributed by atoms with Crippen molar-refractivity contribution in [2.24, 2.45) is 0 Å². The number of carbonyl (C=O) groups is 1. The van der Waals surface area contributed by atoms with Crippen molar-refractivity contribution < 1.29 is 13.9 Å². The van der Waals surface area contributed by atoms with Gasteiger partial charge >= 0.3 is 0 Å². The molecule has 106 valence electrons. The Kier molecular flexibility index (Phi) is 4.68. The van der Waals surface area contributed by atoms with Gasteiger partial charge in [-0.05, 0) is 42.0 Å². The average Bonchev–Trinajstić information content (AvgIpc) is 2.53. The van der Waals surface area contributed by atoms with Gasteiger partial charge in [0.1, 0.15) is 24.2 Å². The fraction of sp³-hybridized carbons (Fsp3) is 0.176. The molecule has 0 bridgehead atoms. The van der Waals surface area contributed by atoms with Gasteiger partial charge in [0, 0.05) is 12.0 Å². The molecule has 21 heavy (non-hydrogen) atoms. The minimum Gasteiger partial charge on any atom is -0.489 e. The van der Waals surface area contributed by atoms with Crippen LogP contribution in [-0.4, -0.2) is 5.78 Å². The number of Topliss-reactive ketones (excluding diaryl/α,β-unsaturated/α-hetero) is 1. The number of carbonyl (C=O) groups excluding carboxylic acids is 1. The number of hydrogen-bond acceptors (Lipinski definition) is 3. The summed E-state index contributed by atoms with van der Waals surface area (Å²) in [6.45, 7) is 2.05. The summed E-state index contributed by atoms with van der Waals surface area (Å²) in [6.07, 6.45) is 0.465. The number of nitrogens with zero attached hydrogens (tertiary/aromatic N) is 1. The van der Waals surface area contributed by atoms with Gasteiger partial charge in [0.2, 0.25) is 0 Å². The summed E-state index contributed by atoms with van der Waals surface area (Å²) in [7, 11) is 0. The topological polar surface area (TPSA) is 50.1 Å². The maximum Gasteiger partial charge on any atom is 0.162 e. The number of halogens is 1. The molecule has 0 atom stereocenters. The molecular weight excluding hydrogens is 269 g/mol. The zero-order valence-corrected chi connectivity index (χ0v) is 11.6. The van der Waals surface area contributed by atoms with E-state index < -0.39 is 5.82 Å². The quantitative estimate of drug-likeness (QED) is 0.783. The van der Waals surface area contributed by atoms with E-state index in [2.05, 4.69) is 0 Å². The molecule has 2 aromatic carbocycles. The fourth-order valence-corrected chi connectivity index (χ4v) is 1.86. The Morgan fingerprint density at radius 3 is 2.57 bits per heavy atom. The van der Waals surface area contributed by atoms with Crippen LogP contribution in [0.25, 0.3) is 0 Å². The largest absolute Gasteiger partial charge is 0.489 e. The third kappa shape index (κ3) is 3.67. The van der Waals surface area contributed by atoms with Crippen LogP contribution in [0.4, 0.5) is 4.39 Å². The smallest absolute Gasteiger partial charge is 0.162 e. The van der Waals surface area contributed by atoms with Gasteiger partial charge in [-0.25, -0.2) is 4.39 Å². The second kappa shape index (κ2) is 6.67. The highest BCUT2D eigenvalue weighted by atomic mass is 19.1. The van der Waals surface area contributed by atoms with Crippen molar-refractivity contribution in [3.8, 4) is 11.8 Å². The molecule has 0 aliphatic rings. The number of benzene rings is 2. The lowest BCUT2D eigenvalue weighted by molar-refractivity contribution is 0.0988. The molecule has 0 N–H and O–H groups in total. The maximum absolute atomic E-state index is 13.2. The van der Waals surface area contributed by atoms with Gasteiger partial charge in [-0.15, -0.1) is 0 Å². The number of hydrogen-bond donors (Lipinski definition) is 0. The lowest BCUT2D eigenvalue weighted by Crippen LogP contribution is -1.99. The van der Waals surface area contributed by atoms with Crippen molar-refractivity contribution in [1.82, 2.24) is 0 Å². The van der Waals surface area contributed by atoms with E-state index in [1.54, 1.807) is 36.4 Å². The molecular formula is C17H14FNO2. The second-order valence-corrected chi connectivity index (χ2v) is 4.52. The minimum absolute atomic E-state index is 0.00000887. The standard InChI is InChI=1S/C17H14FNO2/c1-2-17(20)13-4-6-15(7-5-13)21-11-12-3-8-16(18)14(9-12)10-19/h3-9H,2,11H2,1H3. The lowest BCUT2D eigenvalue weighted by Gasteiger charge is -2.07. The van der Waals surface area contributed by atoms with Crippen molar-refractivity contribution in [2.45, 2.75) is 20.0 Å². The Balaban J connectivity index is 2.03. The first kappa shape index (κ1) is 14.7. The first-order chi connectivity index (χ1) is 10.1. The third-order valence-electron chi connectivity index (χ3n) is 3.05. The SMILES string of the molecule is CCC(=O)c1ccc(OCc2ccc(F)c(C#N)c2)cc1. The van der Waals surface area contributed by atoms with Gasteiger partial charge in [-0.2, -0.15) is 5.26 Å². The van der Waals surface area contributed by atoms with Crippen LogP contribution in [0.2, 0.25) is 0 Å². The van der Waals surface area contributed by atoms with Crippen molar-refractivity contribution in [2.75, 3.05) is 0 Å². The molecule has 0 heterocycles. The summed E-state index contributed by atoms with van der Waals surface area (Å²) in [6, 6.07) is 12.9. The molecule has 0 fully saturated rings. The highest BCUT2D eigenvalue weighted by Gasteiger charge is 2.05. The van der Waals surface area contributed by atoms with Gasteiger partial charge in [-0.1, -0.05) is 13.0 Å². The van der Waals surface area contributed by atoms with Crippen molar-refractivity contribution in [3.05, 3.63) is 65.0 Å². The minimum atomic E-state index is -0.538. The molecule has 4 heteroatoms. The molecule has 0 saturated heterocycles. The van der Waals surface area contributed by atoms with E-state index in [4.69, 9.17) is 10.00 Å². The van der Waals surface area contributed by atoms with E-state index >= 15 is 0 Å². The molecule has 0 unspecified atom stereocenters. The van der Waals surface area contributed by atoms with E-state index in [9.17, 15) is 9.18 Å². The Hall–Kier alpha value is -2.67. The molecule has 0 spiro atoms. The van der Waals surface area contributed by atoms with Gasteiger partial charge in [0.05, 0.1) is 5.56 Å². The van der Waals surface area contributed by atoms with Gasteiger partial charge in [0.15, 0.2) is 5.78 Å². The fourth-order valence-electron chi connectivity index (χ4n) is 1.86. The zero-order valence-electron chi connectivity index (χ0n) is 11.6. The van der Waals surface area contributed by atoms with Crippen LogP contribution in [0, 0.1) is 17.1 Å². The van der Waals surface area contributed by atoms with E-state index in [0.717, 1.165) is 0 Å². The van der Waals surface area contributed by atoms with Gasteiger partial charge < -0.3 is 4.74 Å². The Labute approximate surface area is 122 Å². The Bertz CT molecular complexity index is 687. The molecule has 0 aliphatic carbocycles. The third-order valence-corrected chi connectivity index (χ3v) is 3.05. The van der Waals surface area contributed by atoms with Crippen LogP contribution < -0.4 is 4.74 Å². The molecule has 0 amide bonds. The average molecular weight is 283 g/mol. The summed E-state index contributed by atoms with van der Waals surface area (Å²) >= 11 is 0. The van der Waals surface area contributed by atoms with E-state index in [1.165, 1.54) is 12.1 Å². The number of nitriles is 1. The predicted octanol–water partition coefficient (Wildman–Crippen LogP) is 3.87. The van der Waals surface area contributed by atoms with E-state index in [-0.39, 0.29) is 18.0 Å². The van der Waals surface area contributed by atoms with Gasteiger partial charge in [-0.3, -0.25) is 4.79 Å². The first-order valence-electron chi connectivity index (χ1n) is 6.58. The molecule has 3 nitrogen and oxygen atoms in total. The highest BCUT2D eigenvalue weighted by Crippen LogP contribution is 2.16. The van der Waals surface area contributed by atoms with Crippen LogP contribution in [0.3, 0.4) is 0 Å². The van der Waals surface area contributed by atoms with Crippen LogP contribution in [-0.2, 0) is 6.61 Å². The molecule has 2 aromatic rings. The van der Waals surface area contributed by atoms with E-state index in [0.29, 0.717) is 23.3 Å². The van der Waals surface area contributed by atoms with Crippen molar-refractivity contribution >= 4 is 5.78 Å². The molecule has 0 aromatic heterocycles. The highest BCUT2D eigenvalue weighted by molar-refractivity contribution is 5.95. The monoisotopic (exact) mass is 283 g/mol. The maximum atomic E-state index is 13.2. The predicted molar refractivity (Wildman–Crippen MR) is 76.5 cm³/mol. The van der Waals surface area contributed by atoms with Gasteiger partial charge in [0.25, 0.3) is 0 Å². The first-order valence-corrected chi connectivity index (χ1v) is 6.58. The normalized spacial score (nSPS) is 9.95. The Morgan fingerprint density at radius 2 is 1.95 bits per heavy atom.